The number of nitrogens with zero attached hydrogens (tertiary/aromatic N) is 16. The van der Waals surface area contributed by atoms with Crippen LogP contribution in [0, 0.1) is 0 Å². The van der Waals surface area contributed by atoms with Gasteiger partial charge in [0.05, 0.1) is 13.2 Å². The zero-order chi connectivity index (χ0) is 76.5. The molecule has 0 atom stereocenters. The van der Waals surface area contributed by atoms with E-state index in [4.69, 9.17) is 4.74 Å². The zero-order valence-electron chi connectivity index (χ0n) is 72.9. The van der Waals surface area contributed by atoms with Gasteiger partial charge in [-0.25, -0.2) is 0 Å². The first-order valence-electron chi connectivity index (χ1n) is 45.5. The summed E-state index contributed by atoms with van der Waals surface area (Å²) in [6.45, 7) is 79.4. The lowest BCUT2D eigenvalue weighted by Crippen LogP contribution is -2.54. The molecular weight excluding hydrogens is 1330 g/mol. The molecule has 107 heavy (non-hydrogen) atoms. The van der Waals surface area contributed by atoms with Crippen molar-refractivity contribution in [1.29, 1.82) is 0 Å². The van der Waals surface area contributed by atoms with E-state index in [9.17, 15) is 0 Å². The van der Waals surface area contributed by atoms with Crippen LogP contribution in [0.4, 0.5) is 5.69 Å². The van der Waals surface area contributed by atoms with E-state index in [-0.39, 0.29) is 0 Å². The lowest BCUT2D eigenvalue weighted by molar-refractivity contribution is -0.00175. The average Bonchev–Trinajstić information content (AvgIpc) is 0.880. The molecule has 0 saturated carbocycles. The highest BCUT2D eigenvalue weighted by Gasteiger charge is 2.33. The van der Waals surface area contributed by atoms with Crippen molar-refractivity contribution in [3.05, 3.63) is 30.3 Å². The monoisotopic (exact) mass is 1500 g/mol. The lowest BCUT2D eigenvalue weighted by atomic mass is 9.99. The molecule has 13 fully saturated rings. The van der Waals surface area contributed by atoms with Gasteiger partial charge in [0.2, 0.25) is 0 Å². The molecule has 13 aliphatic rings. The van der Waals surface area contributed by atoms with E-state index in [1.807, 2.05) is 0 Å². The van der Waals surface area contributed by atoms with Crippen molar-refractivity contribution in [1.82, 2.24) is 84.1 Å². The molecule has 1 aromatic rings. The van der Waals surface area contributed by atoms with Crippen molar-refractivity contribution in [3.63, 3.8) is 0 Å². The van der Waals surface area contributed by atoms with Crippen molar-refractivity contribution >= 4 is 5.69 Å². The van der Waals surface area contributed by atoms with Crippen molar-refractivity contribution in [3.8, 4) is 0 Å². The molecule has 0 spiro atoms. The third-order valence-corrected chi connectivity index (χ3v) is 27.5. The molecule has 0 amide bonds. The maximum Gasteiger partial charge on any atom is 0.0594 e. The number of piperazine rings is 5. The minimum absolute atomic E-state index is 0.683. The van der Waals surface area contributed by atoms with Crippen LogP contribution < -0.4 is 15.5 Å². The number of morpholine rings is 1. The van der Waals surface area contributed by atoms with Gasteiger partial charge in [-0.05, 0) is 305 Å². The highest BCUT2D eigenvalue weighted by Crippen LogP contribution is 2.26. The van der Waals surface area contributed by atoms with E-state index in [0.717, 1.165) is 112 Å². The average molecular weight is 1500 g/mol. The van der Waals surface area contributed by atoms with Gasteiger partial charge in [-0.2, -0.15) is 0 Å². The van der Waals surface area contributed by atoms with Gasteiger partial charge in [0.15, 0.2) is 0 Å². The lowest BCUT2D eigenvalue weighted by Gasteiger charge is -2.43. The van der Waals surface area contributed by atoms with Crippen LogP contribution in [0.1, 0.15) is 193 Å². The number of hydrogen-bond acceptors (Lipinski definition) is 19. The number of anilines is 1. The van der Waals surface area contributed by atoms with E-state index in [1.54, 1.807) is 0 Å². The van der Waals surface area contributed by atoms with E-state index in [2.05, 4.69) is 230 Å². The van der Waals surface area contributed by atoms with Crippen molar-refractivity contribution in [2.24, 2.45) is 0 Å². The van der Waals surface area contributed by atoms with Crippen LogP contribution in [-0.4, -0.2) is 415 Å². The number of benzene rings is 1. The number of para-hydroxylation sites is 1. The van der Waals surface area contributed by atoms with E-state index in [1.165, 1.54) is 311 Å². The van der Waals surface area contributed by atoms with Gasteiger partial charge in [0.1, 0.15) is 0 Å². The normalized spacial score (nSPS) is 26.3. The van der Waals surface area contributed by atoms with Gasteiger partial charge < -0.3 is 54.6 Å². The number of ether oxygens (including phenoxy) is 1. The number of hydrogen-bond donors (Lipinski definition) is 2. The first kappa shape index (κ1) is 90.8. The largest absolute Gasteiger partial charge is 0.379 e. The molecule has 19 heteroatoms. The molecule has 0 bridgehead atoms. The molecule has 622 valence electrons. The Bertz CT molecular complexity index is 2100. The van der Waals surface area contributed by atoms with E-state index >= 15 is 0 Å². The molecule has 13 saturated heterocycles. The van der Waals surface area contributed by atoms with Gasteiger partial charge >= 0.3 is 0 Å². The summed E-state index contributed by atoms with van der Waals surface area (Å²) < 4.78 is 5.40. The van der Waals surface area contributed by atoms with Crippen molar-refractivity contribution in [2.75, 3.05) is 268 Å². The van der Waals surface area contributed by atoms with E-state index < -0.39 is 0 Å². The third-order valence-electron chi connectivity index (χ3n) is 27.5. The Kier molecular flexibility index (Phi) is 42.4. The topological polar surface area (TPSA) is 85.1 Å². The molecule has 0 radical (unpaired) electrons. The van der Waals surface area contributed by atoms with Crippen LogP contribution in [0.3, 0.4) is 0 Å². The maximum atomic E-state index is 5.40. The summed E-state index contributed by atoms with van der Waals surface area (Å²) >= 11 is 0. The second kappa shape index (κ2) is 49.9. The van der Waals surface area contributed by atoms with Crippen LogP contribution in [0.5, 0.6) is 0 Å². The Morgan fingerprint density at radius 3 is 0.860 bits per heavy atom. The fourth-order valence-corrected chi connectivity index (χ4v) is 19.4. The standard InChI is InChI=1S/2C13H27N3.C13H26N2.C13H20N2.2C12H25N3.C12H24N2O/c1-12(2)15-6-4-13(5-7-15)16-10-8-14(3)9-11-16;1-12(2)15-8-10-16(11-9-15)13-4-6-14(3)7-5-13;1-12(2)14-10-6-13(7-11-14)15-8-4-3-5-9-15;1-12(2)14-8-10-15(11-9-14)13-6-4-3-5-7-13;1-11(2)14-7-3-12(4-8-14)15-9-5-13-6-10-15;1-11(2)14-7-9-15(10-8-14)12-3-5-13-6-4-12;1-11(2)13-5-3-12(4-6-13)14-7-9-15-10-8-14/h2*12-13H,4-11H2,1-3H3;12-13H,3-11H2,1-2H3;3-7,12H,8-11H2,1-2H3;2*11-13H,3-10H2,1-2H3;11-12H,3-10H2,1-2H3. The molecule has 2 N–H and O–H groups in total. The first-order chi connectivity index (χ1) is 51.7. The molecule has 13 heterocycles. The minimum Gasteiger partial charge on any atom is -0.379 e. The molecule has 19 nitrogen and oxygen atoms in total. The summed E-state index contributed by atoms with van der Waals surface area (Å²) in [5.41, 5.74) is 1.36. The minimum atomic E-state index is 0.683. The second-order valence-corrected chi connectivity index (χ2v) is 36.6. The van der Waals surface area contributed by atoms with Gasteiger partial charge in [0.25, 0.3) is 0 Å². The predicted molar refractivity (Wildman–Crippen MR) is 459 cm³/mol. The summed E-state index contributed by atoms with van der Waals surface area (Å²) in [6, 6.07) is 20.9. The molecule has 1 aromatic carbocycles. The highest BCUT2D eigenvalue weighted by atomic mass is 16.5. The number of nitrogens with one attached hydrogen (secondary N) is 2. The first-order valence-corrected chi connectivity index (χ1v) is 45.5. The fraction of sp³-hybridized carbons (Fsp3) is 0.932. The smallest absolute Gasteiger partial charge is 0.0594 e. The van der Waals surface area contributed by atoms with Gasteiger partial charge in [-0.3, -0.25) is 39.2 Å². The number of likely N-dealkylation sites (N-methyl/N-ethyl adjacent to an activating group) is 1. The third kappa shape index (κ3) is 32.1. The van der Waals surface area contributed by atoms with Gasteiger partial charge in [0, 0.05) is 228 Å². The van der Waals surface area contributed by atoms with Crippen LogP contribution >= 0.6 is 0 Å². The molecular formula is C88H174N18O. The fourth-order valence-electron chi connectivity index (χ4n) is 19.4. The van der Waals surface area contributed by atoms with Crippen molar-refractivity contribution in [2.45, 2.75) is 272 Å². The quantitative estimate of drug-likeness (QED) is 0.185. The summed E-state index contributed by atoms with van der Waals surface area (Å²) in [5, 5.41) is 6.87. The molecule has 0 unspecified atom stereocenters. The number of rotatable bonds is 14. The summed E-state index contributed by atoms with van der Waals surface area (Å²) in [6.07, 6.45) is 20.8. The Morgan fingerprint density at radius 2 is 0.514 bits per heavy atom. The number of piperidine rings is 7. The Hall–Kier alpha value is -1.70. The van der Waals surface area contributed by atoms with Crippen LogP contribution in [0.2, 0.25) is 0 Å². The second-order valence-electron chi connectivity index (χ2n) is 36.6. The Balaban J connectivity index is 0.000000157. The summed E-state index contributed by atoms with van der Waals surface area (Å²) in [5.74, 6) is 0. The Labute approximate surface area is 661 Å². The summed E-state index contributed by atoms with van der Waals surface area (Å²) in [4.78, 5) is 41.8. The van der Waals surface area contributed by atoms with Crippen molar-refractivity contribution < 1.29 is 4.74 Å². The summed E-state index contributed by atoms with van der Waals surface area (Å²) in [7, 11) is 4.48. The molecule has 14 rings (SSSR count). The van der Waals surface area contributed by atoms with Crippen LogP contribution in [0.15, 0.2) is 30.3 Å². The molecule has 0 aromatic heterocycles. The Morgan fingerprint density at radius 1 is 0.252 bits per heavy atom. The zero-order valence-corrected chi connectivity index (χ0v) is 72.9. The van der Waals surface area contributed by atoms with E-state index in [0.29, 0.717) is 6.04 Å². The SMILES string of the molecule is CC(C)N1CCC(N2CCCCC2)CC1.CC(C)N1CCC(N2CCN(C)CC2)CC1.CC(C)N1CCC(N2CCNCC2)CC1.CC(C)N1CCC(N2CCOCC2)CC1.CC(C)N1CCN(C2CCN(C)CC2)CC1.CC(C)N1CCN(C2CCNCC2)CC1.CC(C)N1CCN(c2ccccc2)CC1. The highest BCUT2D eigenvalue weighted by molar-refractivity contribution is 5.46. The van der Waals surface area contributed by atoms with Gasteiger partial charge in [-0.15, -0.1) is 0 Å². The van der Waals surface area contributed by atoms with Crippen LogP contribution in [-0.2, 0) is 4.74 Å². The van der Waals surface area contributed by atoms with Gasteiger partial charge in [-0.1, -0.05) is 24.6 Å². The maximum absolute atomic E-state index is 5.40. The predicted octanol–water partition coefficient (Wildman–Crippen LogP) is 9.50. The number of likely N-dealkylation sites (tertiary alicyclic amines) is 6. The van der Waals surface area contributed by atoms with Crippen LogP contribution in [0.25, 0.3) is 0 Å². The molecule has 0 aliphatic carbocycles. The molecule has 13 aliphatic heterocycles.